The zero-order valence-corrected chi connectivity index (χ0v) is 13.6. The number of nitrogens with two attached hydrogens (primary N) is 1. The van der Waals surface area contributed by atoms with Crippen LogP contribution in [0.2, 0.25) is 0 Å². The van der Waals surface area contributed by atoms with E-state index in [2.05, 4.69) is 25.8 Å². The molecule has 8 heteroatoms. The quantitative estimate of drug-likeness (QED) is 0.578. The van der Waals surface area contributed by atoms with Gasteiger partial charge >= 0.3 is 0 Å². The molecule has 24 heavy (non-hydrogen) atoms. The lowest BCUT2D eigenvalue weighted by molar-refractivity contribution is -0.124. The number of aromatic amines is 1. The molecule has 0 fully saturated rings. The molecule has 0 aliphatic heterocycles. The number of nitrogens with one attached hydrogen (secondary N) is 3. The first-order valence-corrected chi connectivity index (χ1v) is 7.90. The Balaban J connectivity index is 1.84. The summed E-state index contributed by atoms with van der Waals surface area (Å²) in [5.74, 6) is 0.866. The van der Waals surface area contributed by atoms with E-state index in [4.69, 9.17) is 5.73 Å². The molecule has 0 saturated carbocycles. The maximum Gasteiger partial charge on any atom is 0.224 e. The van der Waals surface area contributed by atoms with E-state index in [0.717, 1.165) is 12.0 Å². The molecule has 0 unspecified atom stereocenters. The Morgan fingerprint density at radius 1 is 1.17 bits per heavy atom. The minimum absolute atomic E-state index is 0.109. The van der Waals surface area contributed by atoms with Crippen molar-refractivity contribution < 1.29 is 9.59 Å². The van der Waals surface area contributed by atoms with Crippen LogP contribution in [0.5, 0.6) is 0 Å². The molecule has 0 aliphatic carbocycles. The van der Waals surface area contributed by atoms with Crippen LogP contribution in [0.25, 0.3) is 11.4 Å². The molecule has 0 atom stereocenters. The zero-order chi connectivity index (χ0) is 17.4. The van der Waals surface area contributed by atoms with Gasteiger partial charge in [-0.2, -0.15) is 5.10 Å². The molecular formula is C16H22N6O2. The van der Waals surface area contributed by atoms with Crippen LogP contribution in [0.4, 0.5) is 5.69 Å². The lowest BCUT2D eigenvalue weighted by Crippen LogP contribution is -2.25. The van der Waals surface area contributed by atoms with E-state index in [0.29, 0.717) is 30.4 Å². The largest absolute Gasteiger partial charge is 0.356 e. The van der Waals surface area contributed by atoms with Crippen LogP contribution in [0.1, 0.15) is 32.0 Å². The highest BCUT2D eigenvalue weighted by Crippen LogP contribution is 2.18. The highest BCUT2D eigenvalue weighted by Gasteiger charge is 2.08. The van der Waals surface area contributed by atoms with Crippen molar-refractivity contribution in [1.82, 2.24) is 20.5 Å². The number of rotatable bonds is 8. The number of benzene rings is 1. The first-order chi connectivity index (χ1) is 11.6. The van der Waals surface area contributed by atoms with E-state index in [1.807, 2.05) is 19.1 Å². The predicted octanol–water partition coefficient (Wildman–Crippen LogP) is 1.18. The van der Waals surface area contributed by atoms with Crippen molar-refractivity contribution in [3.05, 3.63) is 30.1 Å². The van der Waals surface area contributed by atoms with Gasteiger partial charge < -0.3 is 16.4 Å². The van der Waals surface area contributed by atoms with Crippen LogP contribution in [0.3, 0.4) is 0 Å². The molecule has 0 spiro atoms. The summed E-state index contributed by atoms with van der Waals surface area (Å²) < 4.78 is 0. The van der Waals surface area contributed by atoms with Gasteiger partial charge in [0.1, 0.15) is 5.82 Å². The second kappa shape index (κ2) is 8.78. The average molecular weight is 330 g/mol. The standard InChI is InChI=1S/C16H22N6O2/c1-2-9-18-14(23)7-8-15(24)19-12-5-3-11(4-6-12)16-20-13(10-17)21-22-16/h3-6H,2,7-10,17H2,1H3,(H,18,23)(H,19,24)(H,20,21,22). The maximum atomic E-state index is 11.9. The monoisotopic (exact) mass is 330 g/mol. The number of anilines is 1. The molecule has 1 aromatic carbocycles. The summed E-state index contributed by atoms with van der Waals surface area (Å²) in [4.78, 5) is 27.6. The van der Waals surface area contributed by atoms with Crippen LogP contribution in [0.15, 0.2) is 24.3 Å². The summed E-state index contributed by atoms with van der Waals surface area (Å²) in [5.41, 5.74) is 6.97. The number of carbonyl (C=O) groups excluding carboxylic acids is 2. The molecule has 2 rings (SSSR count). The Bertz CT molecular complexity index is 680. The van der Waals surface area contributed by atoms with E-state index < -0.39 is 0 Å². The normalized spacial score (nSPS) is 10.4. The molecule has 0 bridgehead atoms. The SMILES string of the molecule is CCCNC(=O)CCC(=O)Nc1ccc(-c2n[nH]c(CN)n2)cc1. The van der Waals surface area contributed by atoms with E-state index in [1.165, 1.54) is 0 Å². The molecule has 1 heterocycles. The summed E-state index contributed by atoms with van der Waals surface area (Å²) in [7, 11) is 0. The van der Waals surface area contributed by atoms with Gasteiger partial charge in [0.15, 0.2) is 5.82 Å². The van der Waals surface area contributed by atoms with Gasteiger partial charge in [-0.05, 0) is 30.7 Å². The van der Waals surface area contributed by atoms with Gasteiger partial charge in [0.25, 0.3) is 0 Å². The van der Waals surface area contributed by atoms with Gasteiger partial charge in [0, 0.05) is 30.6 Å². The van der Waals surface area contributed by atoms with Crippen LogP contribution < -0.4 is 16.4 Å². The number of nitrogens with zero attached hydrogens (tertiary/aromatic N) is 2. The fourth-order valence-corrected chi connectivity index (χ4v) is 2.02. The molecule has 5 N–H and O–H groups in total. The molecule has 0 radical (unpaired) electrons. The lowest BCUT2D eigenvalue weighted by Gasteiger charge is -2.06. The zero-order valence-electron chi connectivity index (χ0n) is 13.6. The van der Waals surface area contributed by atoms with Crippen LogP contribution >= 0.6 is 0 Å². The summed E-state index contributed by atoms with van der Waals surface area (Å²) in [5, 5.41) is 12.3. The summed E-state index contributed by atoms with van der Waals surface area (Å²) >= 11 is 0. The number of H-pyrrole nitrogens is 1. The molecule has 128 valence electrons. The Morgan fingerprint density at radius 3 is 2.50 bits per heavy atom. The summed E-state index contributed by atoms with van der Waals surface area (Å²) in [6.07, 6.45) is 1.21. The first kappa shape index (κ1) is 17.6. The van der Waals surface area contributed by atoms with Gasteiger partial charge in [-0.3, -0.25) is 14.7 Å². The topological polar surface area (TPSA) is 126 Å². The minimum Gasteiger partial charge on any atom is -0.356 e. The van der Waals surface area contributed by atoms with Gasteiger partial charge in [-0.15, -0.1) is 0 Å². The second-order valence-corrected chi connectivity index (χ2v) is 5.29. The number of hydrogen-bond donors (Lipinski definition) is 4. The van der Waals surface area contributed by atoms with Crippen LogP contribution in [0, 0.1) is 0 Å². The third-order valence-corrected chi connectivity index (χ3v) is 3.30. The van der Waals surface area contributed by atoms with E-state index in [1.54, 1.807) is 12.1 Å². The average Bonchev–Trinajstić information content (AvgIpc) is 3.08. The molecule has 8 nitrogen and oxygen atoms in total. The summed E-state index contributed by atoms with van der Waals surface area (Å²) in [6.45, 7) is 2.91. The third-order valence-electron chi connectivity index (χ3n) is 3.30. The van der Waals surface area contributed by atoms with Gasteiger partial charge in [-0.25, -0.2) is 4.98 Å². The fraction of sp³-hybridized carbons (Fsp3) is 0.375. The highest BCUT2D eigenvalue weighted by molar-refractivity contribution is 5.93. The number of carbonyl (C=O) groups is 2. The smallest absolute Gasteiger partial charge is 0.224 e. The maximum absolute atomic E-state index is 11.9. The lowest BCUT2D eigenvalue weighted by atomic mass is 10.2. The number of aromatic nitrogens is 3. The van der Waals surface area contributed by atoms with E-state index >= 15 is 0 Å². The Morgan fingerprint density at radius 2 is 1.88 bits per heavy atom. The van der Waals surface area contributed by atoms with E-state index in [9.17, 15) is 9.59 Å². The highest BCUT2D eigenvalue weighted by atomic mass is 16.2. The third kappa shape index (κ3) is 5.17. The van der Waals surface area contributed by atoms with Gasteiger partial charge in [0.05, 0.1) is 6.54 Å². The number of hydrogen-bond acceptors (Lipinski definition) is 5. The minimum atomic E-state index is -0.197. The van der Waals surface area contributed by atoms with Gasteiger partial charge in [0.2, 0.25) is 11.8 Å². The Hall–Kier alpha value is -2.74. The molecule has 1 aromatic heterocycles. The van der Waals surface area contributed by atoms with Crippen molar-refractivity contribution in [3.8, 4) is 11.4 Å². The van der Waals surface area contributed by atoms with Crippen molar-refractivity contribution >= 4 is 17.5 Å². The Labute approximate surface area is 140 Å². The van der Waals surface area contributed by atoms with Crippen LogP contribution in [-0.2, 0) is 16.1 Å². The molecule has 2 amide bonds. The number of amides is 2. The Kier molecular flexibility index (Phi) is 6.44. The van der Waals surface area contributed by atoms with Crippen molar-refractivity contribution in [2.45, 2.75) is 32.7 Å². The second-order valence-electron chi connectivity index (χ2n) is 5.29. The molecule has 0 aliphatic rings. The summed E-state index contributed by atoms with van der Waals surface area (Å²) in [6, 6.07) is 7.16. The van der Waals surface area contributed by atoms with E-state index in [-0.39, 0.29) is 24.7 Å². The molecule has 0 saturated heterocycles. The predicted molar refractivity (Wildman–Crippen MR) is 90.9 cm³/mol. The van der Waals surface area contributed by atoms with Crippen molar-refractivity contribution in [3.63, 3.8) is 0 Å². The van der Waals surface area contributed by atoms with Crippen molar-refractivity contribution in [1.29, 1.82) is 0 Å². The van der Waals surface area contributed by atoms with Crippen molar-refractivity contribution in [2.75, 3.05) is 11.9 Å². The molecule has 2 aromatic rings. The van der Waals surface area contributed by atoms with Gasteiger partial charge in [-0.1, -0.05) is 6.92 Å². The molecular weight excluding hydrogens is 308 g/mol. The first-order valence-electron chi connectivity index (χ1n) is 7.90. The fourth-order valence-electron chi connectivity index (χ4n) is 2.02. The van der Waals surface area contributed by atoms with Crippen molar-refractivity contribution in [2.24, 2.45) is 5.73 Å². The van der Waals surface area contributed by atoms with Crippen LogP contribution in [-0.4, -0.2) is 33.5 Å².